The van der Waals surface area contributed by atoms with E-state index in [2.05, 4.69) is 45.0 Å². The zero-order valence-electron chi connectivity index (χ0n) is 14.2. The minimum atomic E-state index is -0.507. The highest BCUT2D eigenvalue weighted by Crippen LogP contribution is 2.23. The molecule has 0 saturated heterocycles. The van der Waals surface area contributed by atoms with Crippen LogP contribution in [0.2, 0.25) is 0 Å². The molecule has 0 spiro atoms. The molecule has 0 aromatic heterocycles. The van der Waals surface area contributed by atoms with E-state index in [1.807, 2.05) is 0 Å². The van der Waals surface area contributed by atoms with Gasteiger partial charge < -0.3 is 4.74 Å². The molecule has 0 aliphatic carbocycles. The number of benzene rings is 2. The molecule has 2 rings (SSSR count). The molecule has 0 N–H and O–H groups in total. The van der Waals surface area contributed by atoms with Crippen molar-refractivity contribution in [1.82, 2.24) is 0 Å². The Morgan fingerprint density at radius 1 is 1.09 bits per heavy atom. The number of ether oxygens (including phenoxy) is 1. The number of halogens is 1. The van der Waals surface area contributed by atoms with Crippen molar-refractivity contribution in [3.63, 3.8) is 0 Å². The highest BCUT2D eigenvalue weighted by Gasteiger charge is 2.13. The molecule has 23 heavy (non-hydrogen) atoms. The third-order valence-electron chi connectivity index (χ3n) is 3.93. The van der Waals surface area contributed by atoms with E-state index >= 15 is 0 Å². The maximum atomic E-state index is 13.7. The number of aryl methyl sites for hydroxylation is 1. The van der Waals surface area contributed by atoms with Crippen LogP contribution in [-0.2, 0) is 11.8 Å². The van der Waals surface area contributed by atoms with Crippen LogP contribution in [0, 0.1) is 5.82 Å². The first-order chi connectivity index (χ1) is 10.8. The lowest BCUT2D eigenvalue weighted by molar-refractivity contribution is 0.0982. The fourth-order valence-corrected chi connectivity index (χ4v) is 2.41. The second kappa shape index (κ2) is 6.95. The van der Waals surface area contributed by atoms with Crippen molar-refractivity contribution < 1.29 is 13.9 Å². The first-order valence-corrected chi connectivity index (χ1v) is 7.77. The smallest absolute Gasteiger partial charge is 0.165 e. The summed E-state index contributed by atoms with van der Waals surface area (Å²) in [6.07, 6.45) is 1.01. The molecule has 0 bridgehead atoms. The van der Waals surface area contributed by atoms with Gasteiger partial charge in [0.15, 0.2) is 17.3 Å². The third kappa shape index (κ3) is 4.41. The fourth-order valence-electron chi connectivity index (χ4n) is 2.41. The van der Waals surface area contributed by atoms with Crippen LogP contribution in [0.1, 0.15) is 48.7 Å². The summed E-state index contributed by atoms with van der Waals surface area (Å²) in [6.45, 7) is 6.51. The van der Waals surface area contributed by atoms with Gasteiger partial charge in [-0.15, -0.1) is 0 Å². The van der Waals surface area contributed by atoms with E-state index in [0.717, 1.165) is 5.56 Å². The summed E-state index contributed by atoms with van der Waals surface area (Å²) in [5.74, 6) is -0.418. The van der Waals surface area contributed by atoms with E-state index in [9.17, 15) is 9.18 Å². The molecule has 0 radical (unpaired) electrons. The normalized spacial score (nSPS) is 11.3. The highest BCUT2D eigenvalue weighted by atomic mass is 19.1. The number of rotatable bonds is 5. The number of hydrogen-bond acceptors (Lipinski definition) is 2. The summed E-state index contributed by atoms with van der Waals surface area (Å²) in [5.41, 5.74) is 2.88. The van der Waals surface area contributed by atoms with E-state index < -0.39 is 5.82 Å². The van der Waals surface area contributed by atoms with Crippen LogP contribution in [0.25, 0.3) is 0 Å². The molecule has 0 heterocycles. The molecule has 0 aliphatic heterocycles. The fraction of sp³-hybridized carbons (Fsp3) is 0.350. The van der Waals surface area contributed by atoms with E-state index in [4.69, 9.17) is 4.74 Å². The zero-order valence-corrected chi connectivity index (χ0v) is 14.2. The molecule has 122 valence electrons. The summed E-state index contributed by atoms with van der Waals surface area (Å²) >= 11 is 0. The molecule has 0 saturated carbocycles. The number of Topliss-reactive ketones (excluding diaryl/α,β-unsaturated/α-hetero) is 1. The Labute approximate surface area is 137 Å². The van der Waals surface area contributed by atoms with Gasteiger partial charge in [-0.3, -0.25) is 4.79 Å². The van der Waals surface area contributed by atoms with Gasteiger partial charge in [0, 0.05) is 12.0 Å². The number of carbonyl (C=O) groups is 1. The van der Waals surface area contributed by atoms with Crippen LogP contribution in [0.4, 0.5) is 4.39 Å². The second-order valence-corrected chi connectivity index (χ2v) is 6.72. The SMILES string of the molecule is COc1ccc(C(=O)CCc2ccc(C(C)(C)C)cc2)cc1F. The van der Waals surface area contributed by atoms with Crippen molar-refractivity contribution in [1.29, 1.82) is 0 Å². The van der Waals surface area contributed by atoms with E-state index in [-0.39, 0.29) is 16.9 Å². The third-order valence-corrected chi connectivity index (χ3v) is 3.93. The maximum Gasteiger partial charge on any atom is 0.165 e. The average Bonchev–Trinajstić information content (AvgIpc) is 2.52. The first-order valence-electron chi connectivity index (χ1n) is 7.77. The Bertz CT molecular complexity index is 682. The molecule has 0 amide bonds. The molecule has 2 aromatic carbocycles. The predicted octanol–water partition coefficient (Wildman–Crippen LogP) is 4.95. The number of ketones is 1. The van der Waals surface area contributed by atoms with Crippen LogP contribution in [0.5, 0.6) is 5.75 Å². The number of hydrogen-bond donors (Lipinski definition) is 0. The second-order valence-electron chi connectivity index (χ2n) is 6.72. The van der Waals surface area contributed by atoms with Crippen LogP contribution >= 0.6 is 0 Å². The van der Waals surface area contributed by atoms with Gasteiger partial charge in [-0.2, -0.15) is 0 Å². The summed E-state index contributed by atoms with van der Waals surface area (Å²) in [4.78, 5) is 12.2. The van der Waals surface area contributed by atoms with Gasteiger partial charge in [-0.25, -0.2) is 4.39 Å². The van der Waals surface area contributed by atoms with Crippen LogP contribution in [0.3, 0.4) is 0 Å². The van der Waals surface area contributed by atoms with Gasteiger partial charge in [-0.1, -0.05) is 45.0 Å². The summed E-state index contributed by atoms with van der Waals surface area (Å²) < 4.78 is 18.5. The van der Waals surface area contributed by atoms with E-state index in [1.54, 1.807) is 6.07 Å². The topological polar surface area (TPSA) is 26.3 Å². The van der Waals surface area contributed by atoms with Gasteiger partial charge in [0.1, 0.15) is 0 Å². The molecule has 0 aliphatic rings. The van der Waals surface area contributed by atoms with Crippen molar-refractivity contribution in [2.24, 2.45) is 0 Å². The minimum Gasteiger partial charge on any atom is -0.494 e. The van der Waals surface area contributed by atoms with E-state index in [1.165, 1.54) is 24.8 Å². The van der Waals surface area contributed by atoms with Crippen LogP contribution < -0.4 is 4.74 Å². The molecular weight excluding hydrogens is 291 g/mol. The highest BCUT2D eigenvalue weighted by molar-refractivity contribution is 5.96. The van der Waals surface area contributed by atoms with Crippen molar-refractivity contribution >= 4 is 5.78 Å². The lowest BCUT2D eigenvalue weighted by atomic mass is 9.86. The maximum absolute atomic E-state index is 13.7. The number of methoxy groups -OCH3 is 1. The van der Waals surface area contributed by atoms with Gasteiger partial charge in [0.2, 0.25) is 0 Å². The average molecular weight is 314 g/mol. The lowest BCUT2D eigenvalue weighted by Crippen LogP contribution is -2.10. The van der Waals surface area contributed by atoms with Crippen molar-refractivity contribution in [2.75, 3.05) is 7.11 Å². The Balaban J connectivity index is 2.00. The lowest BCUT2D eigenvalue weighted by Gasteiger charge is -2.19. The Morgan fingerprint density at radius 3 is 2.26 bits per heavy atom. The minimum absolute atomic E-state index is 0.0635. The van der Waals surface area contributed by atoms with E-state index in [0.29, 0.717) is 18.4 Å². The summed E-state index contributed by atoms with van der Waals surface area (Å²) in [7, 11) is 1.40. The Morgan fingerprint density at radius 2 is 1.74 bits per heavy atom. The molecule has 0 atom stereocenters. The Hall–Kier alpha value is -2.16. The van der Waals surface area contributed by atoms with Gasteiger partial charge in [-0.05, 0) is 41.2 Å². The van der Waals surface area contributed by atoms with Crippen LogP contribution in [0.15, 0.2) is 42.5 Å². The molecule has 2 aromatic rings. The molecule has 0 unspecified atom stereocenters. The predicted molar refractivity (Wildman–Crippen MR) is 90.7 cm³/mol. The molecule has 0 fully saturated rings. The molecule has 3 heteroatoms. The van der Waals surface area contributed by atoms with Gasteiger partial charge in [0.25, 0.3) is 0 Å². The van der Waals surface area contributed by atoms with Crippen molar-refractivity contribution in [3.05, 3.63) is 65.0 Å². The first kappa shape index (κ1) is 17.2. The Kier molecular flexibility index (Phi) is 5.19. The quantitative estimate of drug-likeness (QED) is 0.730. The number of carbonyl (C=O) groups excluding carboxylic acids is 1. The molecule has 2 nitrogen and oxygen atoms in total. The summed E-state index contributed by atoms with van der Waals surface area (Å²) in [5, 5.41) is 0. The standard InChI is InChI=1S/C20H23FO2/c1-20(2,3)16-9-5-14(6-10-16)7-11-18(22)15-8-12-19(23-4)17(21)13-15/h5-6,8-10,12-13H,7,11H2,1-4H3. The zero-order chi connectivity index (χ0) is 17.0. The molecular formula is C20H23FO2. The van der Waals surface area contributed by atoms with Gasteiger partial charge in [0.05, 0.1) is 7.11 Å². The van der Waals surface area contributed by atoms with Crippen molar-refractivity contribution in [2.45, 2.75) is 39.0 Å². The summed E-state index contributed by atoms with van der Waals surface area (Å²) in [6, 6.07) is 12.7. The largest absolute Gasteiger partial charge is 0.494 e. The van der Waals surface area contributed by atoms with Crippen LogP contribution in [-0.4, -0.2) is 12.9 Å². The van der Waals surface area contributed by atoms with Gasteiger partial charge >= 0.3 is 0 Å². The van der Waals surface area contributed by atoms with Crippen molar-refractivity contribution in [3.8, 4) is 5.75 Å². The monoisotopic (exact) mass is 314 g/mol.